The molecule has 15 heteroatoms. The van der Waals surface area contributed by atoms with Crippen LogP contribution in [0.5, 0.6) is 0 Å². The second-order valence-electron chi connectivity index (χ2n) is 11.1. The molecule has 0 aromatic heterocycles. The van der Waals surface area contributed by atoms with Gasteiger partial charge in [0.1, 0.15) is 43.6 Å². The summed E-state index contributed by atoms with van der Waals surface area (Å²) < 4.78 is 21.6. The van der Waals surface area contributed by atoms with E-state index in [1.807, 2.05) is 24.3 Å². The van der Waals surface area contributed by atoms with Crippen molar-refractivity contribution in [1.29, 1.82) is 0 Å². The first kappa shape index (κ1) is 38.0. The Morgan fingerprint density at radius 1 is 0.833 bits per heavy atom. The Labute approximate surface area is 277 Å². The summed E-state index contributed by atoms with van der Waals surface area (Å²) >= 11 is 0. The third-order valence-electron chi connectivity index (χ3n) is 7.26. The highest BCUT2D eigenvalue weighted by molar-refractivity contribution is 5.87. The van der Waals surface area contributed by atoms with Crippen LogP contribution in [0.25, 0.3) is 0 Å². The van der Waals surface area contributed by atoms with Crippen LogP contribution in [-0.2, 0) is 56.1 Å². The van der Waals surface area contributed by atoms with Gasteiger partial charge in [-0.2, -0.15) is 0 Å². The number of hydrogen-bond acceptors (Lipinski definition) is 12. The van der Waals surface area contributed by atoms with Gasteiger partial charge in [0.15, 0.2) is 6.29 Å². The maximum Gasteiger partial charge on any atom is 0.328 e. The van der Waals surface area contributed by atoms with Crippen molar-refractivity contribution in [2.45, 2.75) is 82.5 Å². The lowest BCUT2D eigenvalue weighted by molar-refractivity contribution is -0.269. The highest BCUT2D eigenvalue weighted by Gasteiger charge is 2.45. The second-order valence-corrected chi connectivity index (χ2v) is 11.1. The van der Waals surface area contributed by atoms with Gasteiger partial charge in [0, 0.05) is 32.7 Å². The van der Waals surface area contributed by atoms with Gasteiger partial charge >= 0.3 is 11.9 Å². The van der Waals surface area contributed by atoms with E-state index in [2.05, 4.69) is 16.0 Å². The Morgan fingerprint density at radius 3 is 2.04 bits per heavy atom. The summed E-state index contributed by atoms with van der Waals surface area (Å²) in [6.07, 6.45) is -6.06. The molecule has 3 rings (SSSR count). The number of aliphatic hydroxyl groups is 3. The van der Waals surface area contributed by atoms with Gasteiger partial charge in [-0.25, -0.2) is 4.79 Å². The summed E-state index contributed by atoms with van der Waals surface area (Å²) in [6.45, 7) is 0.472. The zero-order valence-corrected chi connectivity index (χ0v) is 26.6. The van der Waals surface area contributed by atoms with Crippen LogP contribution >= 0.6 is 0 Å². The average Bonchev–Trinajstić information content (AvgIpc) is 3.09. The molecular formula is C33H43N3O12. The molecule has 2 aromatic rings. The molecule has 1 heterocycles. The van der Waals surface area contributed by atoms with Crippen LogP contribution in [0.1, 0.15) is 43.7 Å². The van der Waals surface area contributed by atoms with Gasteiger partial charge in [0.2, 0.25) is 17.7 Å². The summed E-state index contributed by atoms with van der Waals surface area (Å²) in [4.78, 5) is 61.9. The molecule has 1 fully saturated rings. The van der Waals surface area contributed by atoms with Crippen molar-refractivity contribution in [2.75, 3.05) is 19.8 Å². The molecule has 2 aromatic carbocycles. The molecule has 15 nitrogen and oxygen atoms in total. The van der Waals surface area contributed by atoms with Crippen molar-refractivity contribution < 1.29 is 58.2 Å². The van der Waals surface area contributed by atoms with E-state index in [1.54, 1.807) is 36.4 Å². The van der Waals surface area contributed by atoms with Crippen LogP contribution in [0, 0.1) is 0 Å². The van der Waals surface area contributed by atoms with Crippen molar-refractivity contribution >= 4 is 29.7 Å². The molecule has 0 aliphatic carbocycles. The molecule has 1 aliphatic rings. The maximum absolute atomic E-state index is 12.9. The van der Waals surface area contributed by atoms with Crippen molar-refractivity contribution in [3.63, 3.8) is 0 Å². The number of esters is 2. The van der Waals surface area contributed by atoms with Gasteiger partial charge in [-0.1, -0.05) is 60.7 Å². The molecule has 0 radical (unpaired) electrons. The minimum absolute atomic E-state index is 0.0327. The number of carbonyl (C=O) groups is 5. The van der Waals surface area contributed by atoms with Gasteiger partial charge in [-0.05, 0) is 17.5 Å². The number of carbonyl (C=O) groups excluding carboxylic acids is 5. The van der Waals surface area contributed by atoms with Crippen molar-refractivity contribution in [2.24, 2.45) is 0 Å². The Bertz CT molecular complexity index is 1330. The van der Waals surface area contributed by atoms with E-state index < -0.39 is 73.0 Å². The summed E-state index contributed by atoms with van der Waals surface area (Å²) in [5, 5.41) is 37.4. The summed E-state index contributed by atoms with van der Waals surface area (Å²) in [5.74, 6) is -2.93. The molecule has 0 bridgehead atoms. The van der Waals surface area contributed by atoms with E-state index in [9.17, 15) is 39.3 Å². The lowest BCUT2D eigenvalue weighted by Gasteiger charge is -2.42. The van der Waals surface area contributed by atoms with Gasteiger partial charge in [0.05, 0.1) is 13.2 Å². The predicted molar refractivity (Wildman–Crippen MR) is 167 cm³/mol. The molecule has 3 amide bonds. The van der Waals surface area contributed by atoms with E-state index in [0.29, 0.717) is 0 Å². The number of aliphatic hydroxyl groups excluding tert-OH is 3. The summed E-state index contributed by atoms with van der Waals surface area (Å²) in [6, 6.07) is 15.7. The monoisotopic (exact) mass is 673 g/mol. The fourth-order valence-corrected chi connectivity index (χ4v) is 4.71. The highest BCUT2D eigenvalue weighted by atomic mass is 16.7. The van der Waals surface area contributed by atoms with E-state index in [-0.39, 0.29) is 52.0 Å². The van der Waals surface area contributed by atoms with Crippen LogP contribution in [0.4, 0.5) is 0 Å². The standard InChI is InChI=1S/C33H43N3O12/c1-21(38)35-29-31(43)30(42)25(18-37)48-33(29)45-17-16-34-26(39)13-14-27(40)36-24(32(44)47-20-23-10-6-3-7-11-23)12-15-28(41)46-19-22-8-4-2-5-9-22/h2-11,24-25,29-31,33,37,42-43H,12-20H2,1H3,(H,34,39)(H,35,38)(H,36,40)/t24?,25-,29-,30+,31-,33-/m1/s1. The Kier molecular flexibility index (Phi) is 15.9. The molecule has 1 saturated heterocycles. The van der Waals surface area contributed by atoms with Crippen molar-refractivity contribution in [3.8, 4) is 0 Å². The van der Waals surface area contributed by atoms with E-state index in [4.69, 9.17) is 18.9 Å². The Balaban J connectivity index is 1.45. The first-order valence-corrected chi connectivity index (χ1v) is 15.5. The molecule has 0 saturated carbocycles. The fourth-order valence-electron chi connectivity index (χ4n) is 4.71. The molecule has 6 N–H and O–H groups in total. The van der Waals surface area contributed by atoms with Crippen molar-refractivity contribution in [3.05, 3.63) is 71.8 Å². The third kappa shape index (κ3) is 13.0. The van der Waals surface area contributed by atoms with Crippen LogP contribution < -0.4 is 16.0 Å². The third-order valence-corrected chi connectivity index (χ3v) is 7.26. The van der Waals surface area contributed by atoms with Gasteiger partial charge in [-0.15, -0.1) is 0 Å². The lowest BCUT2D eigenvalue weighted by Crippen LogP contribution is -2.64. The highest BCUT2D eigenvalue weighted by Crippen LogP contribution is 2.22. The predicted octanol–water partition coefficient (Wildman–Crippen LogP) is -0.405. The minimum atomic E-state index is -1.47. The number of hydrogen-bond donors (Lipinski definition) is 6. The van der Waals surface area contributed by atoms with E-state index >= 15 is 0 Å². The zero-order valence-electron chi connectivity index (χ0n) is 26.6. The number of nitrogens with one attached hydrogen (secondary N) is 3. The van der Waals surface area contributed by atoms with Crippen LogP contribution in [-0.4, -0.2) is 101 Å². The molecule has 1 aliphatic heterocycles. The number of amides is 3. The minimum Gasteiger partial charge on any atom is -0.461 e. The number of rotatable bonds is 18. The Hall–Kier alpha value is -4.41. The zero-order chi connectivity index (χ0) is 34.9. The molecule has 6 atom stereocenters. The largest absolute Gasteiger partial charge is 0.461 e. The molecule has 1 unspecified atom stereocenters. The number of benzene rings is 2. The number of ether oxygens (including phenoxy) is 4. The smallest absolute Gasteiger partial charge is 0.328 e. The first-order chi connectivity index (χ1) is 23.1. The SMILES string of the molecule is CC(=O)N[C@H]1[C@H](OCCNC(=O)CCC(=O)NC(CCC(=O)OCc2ccccc2)C(=O)OCc2ccccc2)O[C@H](CO)[C@H](O)[C@@H]1O. The molecule has 0 spiro atoms. The average molecular weight is 674 g/mol. The van der Waals surface area contributed by atoms with Gasteiger partial charge in [-0.3, -0.25) is 19.2 Å². The van der Waals surface area contributed by atoms with Crippen molar-refractivity contribution in [1.82, 2.24) is 16.0 Å². The first-order valence-electron chi connectivity index (χ1n) is 15.5. The topological polar surface area (TPSA) is 219 Å². The van der Waals surface area contributed by atoms with Gasteiger partial charge < -0.3 is 50.2 Å². The quantitative estimate of drug-likeness (QED) is 0.0880. The summed E-state index contributed by atoms with van der Waals surface area (Å²) in [5.41, 5.74) is 1.54. The van der Waals surface area contributed by atoms with Crippen LogP contribution in [0.15, 0.2) is 60.7 Å². The van der Waals surface area contributed by atoms with E-state index in [0.717, 1.165) is 11.1 Å². The van der Waals surface area contributed by atoms with E-state index in [1.165, 1.54) is 6.92 Å². The van der Waals surface area contributed by atoms with Gasteiger partial charge in [0.25, 0.3) is 0 Å². The normalized spacial score (nSPS) is 21.0. The molecular weight excluding hydrogens is 630 g/mol. The van der Waals surface area contributed by atoms with Crippen LogP contribution in [0.3, 0.4) is 0 Å². The molecule has 262 valence electrons. The molecule has 48 heavy (non-hydrogen) atoms. The lowest BCUT2D eigenvalue weighted by atomic mass is 9.97. The summed E-state index contributed by atoms with van der Waals surface area (Å²) in [7, 11) is 0. The fraction of sp³-hybridized carbons (Fsp3) is 0.485. The Morgan fingerprint density at radius 2 is 1.44 bits per heavy atom. The maximum atomic E-state index is 12.9. The second kappa shape index (κ2) is 20.1. The van der Waals surface area contributed by atoms with Crippen LogP contribution in [0.2, 0.25) is 0 Å².